The number of benzene rings is 1. The number of aliphatic imine (C=N–C) groups is 1. The van der Waals surface area contributed by atoms with Crippen LogP contribution >= 0.6 is 0 Å². The molecular weight excluding hydrogens is 592 g/mol. The average molecular weight is 637 g/mol. The summed E-state index contributed by atoms with van der Waals surface area (Å²) in [6.45, 7) is 12.8. The highest BCUT2D eigenvalue weighted by atomic mass is 32.2. The van der Waals surface area contributed by atoms with E-state index >= 15 is 0 Å². The molecule has 1 aromatic heterocycles. The van der Waals surface area contributed by atoms with Crippen LogP contribution in [-0.4, -0.2) is 55.1 Å². The van der Waals surface area contributed by atoms with Crippen LogP contribution in [0.2, 0.25) is 0 Å². The van der Waals surface area contributed by atoms with Crippen molar-refractivity contribution < 1.29 is 27.2 Å². The number of unbranched alkanes of at least 4 members (excludes halogenated alkanes) is 1. The molecule has 1 aliphatic carbocycles. The van der Waals surface area contributed by atoms with Gasteiger partial charge in [-0.1, -0.05) is 74.3 Å². The van der Waals surface area contributed by atoms with Crippen molar-refractivity contribution in [2.75, 3.05) is 17.9 Å². The molecule has 45 heavy (non-hydrogen) atoms. The van der Waals surface area contributed by atoms with E-state index in [1.54, 1.807) is 39.0 Å². The van der Waals surface area contributed by atoms with Crippen LogP contribution < -0.4 is 4.72 Å². The molecule has 0 atom stereocenters. The molecule has 1 spiro atoms. The molecular formula is C34H44N4O6S. The van der Waals surface area contributed by atoms with Gasteiger partial charge in [0.15, 0.2) is 5.82 Å². The lowest BCUT2D eigenvalue weighted by molar-refractivity contribution is -0.135. The molecule has 0 bridgehead atoms. The third kappa shape index (κ3) is 6.85. The number of amidine groups is 1. The lowest BCUT2D eigenvalue weighted by Gasteiger charge is -2.27. The minimum Gasteiger partial charge on any atom is -0.376 e. The number of nitrogens with zero attached hydrogens (tertiary/aromatic N) is 3. The summed E-state index contributed by atoms with van der Waals surface area (Å²) in [6.07, 6.45) is 11.2. The molecule has 2 aliphatic heterocycles. The largest absolute Gasteiger partial charge is 0.376 e. The molecule has 242 valence electrons. The third-order valence-corrected chi connectivity index (χ3v) is 10.4. The Labute approximate surface area is 266 Å². The van der Waals surface area contributed by atoms with Gasteiger partial charge in [0.2, 0.25) is 0 Å². The molecule has 1 saturated heterocycles. The summed E-state index contributed by atoms with van der Waals surface area (Å²) in [6, 6.07) is 5.86. The first-order valence-electron chi connectivity index (χ1n) is 15.8. The zero-order chi connectivity index (χ0) is 32.2. The molecule has 2 fully saturated rings. The highest BCUT2D eigenvalue weighted by Crippen LogP contribution is 2.40. The maximum atomic E-state index is 13.8. The van der Waals surface area contributed by atoms with E-state index in [1.807, 2.05) is 23.1 Å². The van der Waals surface area contributed by atoms with E-state index in [0.717, 1.165) is 61.9 Å². The lowest BCUT2D eigenvalue weighted by Crippen LogP contribution is -2.40. The second kappa shape index (κ2) is 13.8. The number of hydrogen-bond acceptors (Lipinski definition) is 8. The lowest BCUT2D eigenvalue weighted by atomic mass is 9.95. The van der Waals surface area contributed by atoms with E-state index < -0.39 is 15.6 Å². The van der Waals surface area contributed by atoms with E-state index in [9.17, 15) is 13.2 Å². The summed E-state index contributed by atoms with van der Waals surface area (Å²) in [7, 11) is -4.07. The van der Waals surface area contributed by atoms with Crippen LogP contribution in [0.15, 0.2) is 57.4 Å². The van der Waals surface area contributed by atoms with Crippen molar-refractivity contribution in [1.29, 1.82) is 0 Å². The standard InChI is InChI=1S/C34H44N4O6S/c1-6-9-13-31-35-34(16-10-11-17-34)33(39)38(31)19-25-14-15-28(26(18-25)20-43-27-21-42-22-27)29(12-7-2)30(8-3)45(40,41)37-32-23(4)24(5)44-36-32/h7-8,12,14-15,18,27H,2,6,9-11,13,16-17,19-22H2,1,3-5H3,(H,36,37)/b29-12-,30-8+. The SMILES string of the molecule is C=C/C=C(\C(=C/C)S(=O)(=O)Nc1noc(C)c1C)c1ccc(CN2C(=O)C3(CCCC3)N=C2CCCC)cc1COC1COC1. The smallest absolute Gasteiger partial charge is 0.263 e. The molecule has 3 heterocycles. The van der Waals surface area contributed by atoms with Crippen LogP contribution in [0.25, 0.3) is 5.57 Å². The number of rotatable bonds is 14. The van der Waals surface area contributed by atoms with Crippen LogP contribution in [0.3, 0.4) is 0 Å². The number of carbonyl (C=O) groups excluding carboxylic acids is 1. The Kier molecular flexibility index (Phi) is 10.1. The second-order valence-corrected chi connectivity index (χ2v) is 13.7. The molecule has 0 unspecified atom stereocenters. The fourth-order valence-corrected chi connectivity index (χ4v) is 7.43. The Hall–Kier alpha value is -3.54. The number of aromatic nitrogens is 1. The molecule has 1 amide bonds. The number of allylic oxidation sites excluding steroid dienone is 4. The van der Waals surface area contributed by atoms with Gasteiger partial charge in [-0.05, 0) is 56.7 Å². The first-order valence-corrected chi connectivity index (χ1v) is 17.3. The molecule has 0 radical (unpaired) electrons. The van der Waals surface area contributed by atoms with Gasteiger partial charge in [-0.25, -0.2) is 8.42 Å². The maximum absolute atomic E-state index is 13.8. The normalized spacial score (nSPS) is 18.9. The first-order chi connectivity index (χ1) is 21.6. The number of amides is 1. The summed E-state index contributed by atoms with van der Waals surface area (Å²) >= 11 is 0. The molecule has 3 aliphatic rings. The van der Waals surface area contributed by atoms with Gasteiger partial charge in [0, 0.05) is 17.6 Å². The fourth-order valence-electron chi connectivity index (χ4n) is 6.10. The third-order valence-electron chi connectivity index (χ3n) is 8.85. The van der Waals surface area contributed by atoms with Crippen LogP contribution in [0, 0.1) is 13.8 Å². The predicted molar refractivity (Wildman–Crippen MR) is 175 cm³/mol. The predicted octanol–water partition coefficient (Wildman–Crippen LogP) is 6.37. The Morgan fingerprint density at radius 3 is 2.60 bits per heavy atom. The van der Waals surface area contributed by atoms with Crippen molar-refractivity contribution in [3.8, 4) is 0 Å². The van der Waals surface area contributed by atoms with Crippen molar-refractivity contribution in [1.82, 2.24) is 10.1 Å². The number of anilines is 1. The number of ether oxygens (including phenoxy) is 2. The number of carbonyl (C=O) groups is 1. The number of aryl methyl sites for hydroxylation is 1. The van der Waals surface area contributed by atoms with Crippen molar-refractivity contribution in [2.45, 2.75) is 97.4 Å². The monoisotopic (exact) mass is 636 g/mol. The van der Waals surface area contributed by atoms with E-state index in [0.29, 0.717) is 42.2 Å². The van der Waals surface area contributed by atoms with Gasteiger partial charge in [-0.15, -0.1) is 0 Å². The Bertz CT molecular complexity index is 1630. The summed E-state index contributed by atoms with van der Waals surface area (Å²) < 4.78 is 46.7. The van der Waals surface area contributed by atoms with Crippen molar-refractivity contribution in [3.05, 3.63) is 75.9 Å². The minimum absolute atomic E-state index is 0.0338. The summed E-state index contributed by atoms with van der Waals surface area (Å²) in [4.78, 5) is 20.8. The molecule has 1 N–H and O–H groups in total. The quantitative estimate of drug-likeness (QED) is 0.239. The van der Waals surface area contributed by atoms with E-state index in [1.165, 1.54) is 0 Å². The van der Waals surface area contributed by atoms with E-state index in [2.05, 4.69) is 23.4 Å². The zero-order valence-corrected chi connectivity index (χ0v) is 27.5. The first kappa shape index (κ1) is 32.8. The molecule has 2 aromatic rings. The number of sulfonamides is 1. The van der Waals surface area contributed by atoms with Gasteiger partial charge in [-0.2, -0.15) is 0 Å². The number of hydrogen-bond donors (Lipinski definition) is 1. The van der Waals surface area contributed by atoms with Gasteiger partial charge in [0.1, 0.15) is 23.2 Å². The molecule has 1 aromatic carbocycles. The van der Waals surface area contributed by atoms with E-state index in [4.69, 9.17) is 19.0 Å². The Morgan fingerprint density at radius 2 is 2.00 bits per heavy atom. The minimum atomic E-state index is -4.07. The Morgan fingerprint density at radius 1 is 1.24 bits per heavy atom. The Balaban J connectivity index is 1.49. The van der Waals surface area contributed by atoms with Crippen LogP contribution in [0.4, 0.5) is 5.82 Å². The maximum Gasteiger partial charge on any atom is 0.263 e. The van der Waals surface area contributed by atoms with Crippen LogP contribution in [0.1, 0.15) is 86.8 Å². The van der Waals surface area contributed by atoms with Crippen molar-refractivity contribution >= 4 is 33.2 Å². The molecule has 5 rings (SSSR count). The summed E-state index contributed by atoms with van der Waals surface area (Å²) in [5, 5.41) is 3.89. The average Bonchev–Trinajstić information content (AvgIpc) is 3.66. The zero-order valence-electron chi connectivity index (χ0n) is 26.7. The fraction of sp³-hybridized carbons (Fsp3) is 0.500. The van der Waals surface area contributed by atoms with Gasteiger partial charge in [0.25, 0.3) is 15.9 Å². The van der Waals surface area contributed by atoms with Crippen LogP contribution in [0.5, 0.6) is 0 Å². The molecule has 10 nitrogen and oxygen atoms in total. The van der Waals surface area contributed by atoms with Gasteiger partial charge in [-0.3, -0.25) is 19.4 Å². The van der Waals surface area contributed by atoms with Crippen LogP contribution in [-0.2, 0) is 37.4 Å². The van der Waals surface area contributed by atoms with Gasteiger partial charge in [0.05, 0.1) is 31.3 Å². The second-order valence-electron chi connectivity index (χ2n) is 12.0. The highest BCUT2D eigenvalue weighted by molar-refractivity contribution is 7.97. The topological polar surface area (TPSA) is 123 Å². The van der Waals surface area contributed by atoms with Crippen molar-refractivity contribution in [3.63, 3.8) is 0 Å². The highest BCUT2D eigenvalue weighted by Gasteiger charge is 2.49. The van der Waals surface area contributed by atoms with Gasteiger partial charge < -0.3 is 14.0 Å². The molecule has 11 heteroatoms. The number of nitrogens with one attached hydrogen (secondary N) is 1. The summed E-state index contributed by atoms with van der Waals surface area (Å²) in [5.41, 5.74) is 2.86. The molecule has 1 saturated carbocycles. The summed E-state index contributed by atoms with van der Waals surface area (Å²) in [5.74, 6) is 1.64. The van der Waals surface area contributed by atoms with Crippen molar-refractivity contribution in [2.24, 2.45) is 4.99 Å². The van der Waals surface area contributed by atoms with Gasteiger partial charge >= 0.3 is 0 Å². The van der Waals surface area contributed by atoms with E-state index in [-0.39, 0.29) is 29.3 Å².